The number of anilines is 1. The highest BCUT2D eigenvalue weighted by Gasteiger charge is 1.98. The first-order valence-electron chi connectivity index (χ1n) is 4.62. The van der Waals surface area contributed by atoms with Crippen molar-refractivity contribution in [1.82, 2.24) is 0 Å². The minimum absolute atomic E-state index is 0.146. The SMILES string of the molecule is Cc1ccc(NCCC(=O)O)cc1C. The van der Waals surface area contributed by atoms with Crippen molar-refractivity contribution in [3.05, 3.63) is 29.3 Å². The molecule has 1 aromatic rings. The van der Waals surface area contributed by atoms with Crippen LogP contribution in [0.25, 0.3) is 0 Å². The number of rotatable bonds is 4. The van der Waals surface area contributed by atoms with Gasteiger partial charge in [-0.2, -0.15) is 0 Å². The molecular weight excluding hydrogens is 178 g/mol. The molecule has 0 aliphatic carbocycles. The summed E-state index contributed by atoms with van der Waals surface area (Å²) in [5.41, 5.74) is 3.44. The lowest BCUT2D eigenvalue weighted by molar-refractivity contribution is -0.136. The Balaban J connectivity index is 2.51. The van der Waals surface area contributed by atoms with Gasteiger partial charge in [-0.25, -0.2) is 0 Å². The first-order valence-corrected chi connectivity index (χ1v) is 4.62. The molecule has 2 N–H and O–H groups in total. The van der Waals surface area contributed by atoms with Gasteiger partial charge in [0, 0.05) is 12.2 Å². The Bertz CT molecular complexity index is 334. The topological polar surface area (TPSA) is 49.3 Å². The highest BCUT2D eigenvalue weighted by Crippen LogP contribution is 2.13. The van der Waals surface area contributed by atoms with Crippen molar-refractivity contribution in [3.63, 3.8) is 0 Å². The Labute approximate surface area is 83.8 Å². The van der Waals surface area contributed by atoms with Gasteiger partial charge in [0.05, 0.1) is 6.42 Å². The van der Waals surface area contributed by atoms with E-state index in [0.717, 1.165) is 5.69 Å². The van der Waals surface area contributed by atoms with Gasteiger partial charge in [-0.05, 0) is 37.1 Å². The van der Waals surface area contributed by atoms with Crippen LogP contribution in [0.2, 0.25) is 0 Å². The predicted octanol–water partition coefficient (Wildman–Crippen LogP) is 2.19. The van der Waals surface area contributed by atoms with Crippen LogP contribution in [0.1, 0.15) is 17.5 Å². The van der Waals surface area contributed by atoms with Crippen LogP contribution >= 0.6 is 0 Å². The zero-order chi connectivity index (χ0) is 10.6. The fourth-order valence-electron chi connectivity index (χ4n) is 1.17. The Kier molecular flexibility index (Phi) is 3.51. The molecule has 14 heavy (non-hydrogen) atoms. The molecule has 0 aliphatic heterocycles. The number of aliphatic carboxylic acids is 1. The number of nitrogens with one attached hydrogen (secondary N) is 1. The smallest absolute Gasteiger partial charge is 0.305 e. The van der Waals surface area contributed by atoms with Gasteiger partial charge in [-0.15, -0.1) is 0 Å². The zero-order valence-corrected chi connectivity index (χ0v) is 8.50. The van der Waals surface area contributed by atoms with Gasteiger partial charge < -0.3 is 10.4 Å². The number of carboxylic acids is 1. The number of carboxylic acid groups (broad SMARTS) is 1. The van der Waals surface area contributed by atoms with Crippen molar-refractivity contribution in [1.29, 1.82) is 0 Å². The third-order valence-corrected chi connectivity index (χ3v) is 2.17. The molecule has 3 heteroatoms. The van der Waals surface area contributed by atoms with E-state index in [2.05, 4.69) is 12.2 Å². The summed E-state index contributed by atoms with van der Waals surface area (Å²) in [6.45, 7) is 4.56. The first kappa shape index (κ1) is 10.6. The summed E-state index contributed by atoms with van der Waals surface area (Å²) in [6, 6.07) is 6.01. The summed E-state index contributed by atoms with van der Waals surface area (Å²) in [7, 11) is 0. The molecule has 0 fully saturated rings. The maximum atomic E-state index is 10.3. The summed E-state index contributed by atoms with van der Waals surface area (Å²) in [6.07, 6.45) is 0.146. The molecule has 0 aromatic heterocycles. The molecule has 0 spiro atoms. The van der Waals surface area contributed by atoms with E-state index in [4.69, 9.17) is 5.11 Å². The van der Waals surface area contributed by atoms with Gasteiger partial charge in [0.15, 0.2) is 0 Å². The second kappa shape index (κ2) is 4.65. The Morgan fingerprint density at radius 3 is 2.64 bits per heavy atom. The van der Waals surface area contributed by atoms with E-state index in [1.54, 1.807) is 0 Å². The van der Waals surface area contributed by atoms with E-state index < -0.39 is 5.97 Å². The fourth-order valence-corrected chi connectivity index (χ4v) is 1.17. The average molecular weight is 193 g/mol. The number of aryl methyl sites for hydroxylation is 2. The zero-order valence-electron chi connectivity index (χ0n) is 8.50. The Morgan fingerprint density at radius 2 is 2.07 bits per heavy atom. The van der Waals surface area contributed by atoms with Crippen LogP contribution in [0.3, 0.4) is 0 Å². The molecule has 3 nitrogen and oxygen atoms in total. The van der Waals surface area contributed by atoms with E-state index in [9.17, 15) is 4.79 Å². The molecule has 0 amide bonds. The minimum atomic E-state index is -0.777. The largest absolute Gasteiger partial charge is 0.481 e. The summed E-state index contributed by atoms with van der Waals surface area (Å²) < 4.78 is 0. The van der Waals surface area contributed by atoms with Gasteiger partial charge in [-0.1, -0.05) is 6.07 Å². The van der Waals surface area contributed by atoms with Crippen LogP contribution in [0.5, 0.6) is 0 Å². The maximum absolute atomic E-state index is 10.3. The van der Waals surface area contributed by atoms with E-state index in [-0.39, 0.29) is 6.42 Å². The Morgan fingerprint density at radius 1 is 1.36 bits per heavy atom. The molecule has 0 heterocycles. The standard InChI is InChI=1S/C11H15NO2/c1-8-3-4-10(7-9(8)2)12-6-5-11(13)14/h3-4,7,12H,5-6H2,1-2H3,(H,13,14). The normalized spacial score (nSPS) is 9.86. The van der Waals surface area contributed by atoms with Crippen molar-refractivity contribution < 1.29 is 9.90 Å². The molecule has 0 atom stereocenters. The number of hydrogen-bond donors (Lipinski definition) is 2. The monoisotopic (exact) mass is 193 g/mol. The second-order valence-corrected chi connectivity index (χ2v) is 3.37. The van der Waals surface area contributed by atoms with Crippen molar-refractivity contribution >= 4 is 11.7 Å². The molecule has 1 rings (SSSR count). The lowest BCUT2D eigenvalue weighted by Crippen LogP contribution is -2.07. The van der Waals surface area contributed by atoms with Crippen molar-refractivity contribution in [2.24, 2.45) is 0 Å². The molecule has 0 unspecified atom stereocenters. The Hall–Kier alpha value is -1.51. The first-order chi connectivity index (χ1) is 6.59. The minimum Gasteiger partial charge on any atom is -0.481 e. The molecule has 0 bridgehead atoms. The number of hydrogen-bond acceptors (Lipinski definition) is 2. The van der Waals surface area contributed by atoms with Crippen LogP contribution in [0, 0.1) is 13.8 Å². The maximum Gasteiger partial charge on any atom is 0.305 e. The molecule has 1 aromatic carbocycles. The van der Waals surface area contributed by atoms with Crippen LogP contribution in [-0.2, 0) is 4.79 Å². The van der Waals surface area contributed by atoms with Crippen LogP contribution in [-0.4, -0.2) is 17.6 Å². The van der Waals surface area contributed by atoms with E-state index in [0.29, 0.717) is 6.54 Å². The third-order valence-electron chi connectivity index (χ3n) is 2.17. The molecule has 0 aliphatic rings. The molecule has 76 valence electrons. The van der Waals surface area contributed by atoms with Gasteiger partial charge in [0.2, 0.25) is 0 Å². The highest BCUT2D eigenvalue weighted by atomic mass is 16.4. The van der Waals surface area contributed by atoms with Gasteiger partial charge >= 0.3 is 5.97 Å². The van der Waals surface area contributed by atoms with Crippen molar-refractivity contribution in [2.75, 3.05) is 11.9 Å². The molecular formula is C11H15NO2. The second-order valence-electron chi connectivity index (χ2n) is 3.37. The predicted molar refractivity (Wildman–Crippen MR) is 56.7 cm³/mol. The van der Waals surface area contributed by atoms with E-state index >= 15 is 0 Å². The van der Waals surface area contributed by atoms with Gasteiger partial charge in [-0.3, -0.25) is 4.79 Å². The molecule has 0 saturated heterocycles. The molecule has 0 saturated carbocycles. The number of benzene rings is 1. The summed E-state index contributed by atoms with van der Waals surface area (Å²) in [5.74, 6) is -0.777. The fraction of sp³-hybridized carbons (Fsp3) is 0.364. The van der Waals surface area contributed by atoms with Crippen molar-refractivity contribution in [3.8, 4) is 0 Å². The third kappa shape index (κ3) is 3.09. The summed E-state index contributed by atoms with van der Waals surface area (Å²) >= 11 is 0. The van der Waals surface area contributed by atoms with Gasteiger partial charge in [0.25, 0.3) is 0 Å². The van der Waals surface area contributed by atoms with Crippen LogP contribution in [0.4, 0.5) is 5.69 Å². The summed E-state index contributed by atoms with van der Waals surface area (Å²) in [5, 5.41) is 11.5. The lowest BCUT2D eigenvalue weighted by atomic mass is 10.1. The highest BCUT2D eigenvalue weighted by molar-refractivity contribution is 5.67. The van der Waals surface area contributed by atoms with E-state index in [1.165, 1.54) is 11.1 Å². The van der Waals surface area contributed by atoms with Gasteiger partial charge in [0.1, 0.15) is 0 Å². The van der Waals surface area contributed by atoms with E-state index in [1.807, 2.05) is 25.1 Å². The molecule has 0 radical (unpaired) electrons. The summed E-state index contributed by atoms with van der Waals surface area (Å²) in [4.78, 5) is 10.3. The van der Waals surface area contributed by atoms with Crippen LogP contribution < -0.4 is 5.32 Å². The average Bonchev–Trinajstić information content (AvgIpc) is 2.10. The van der Waals surface area contributed by atoms with Crippen molar-refractivity contribution in [2.45, 2.75) is 20.3 Å². The van der Waals surface area contributed by atoms with Crippen LogP contribution in [0.15, 0.2) is 18.2 Å². The number of carbonyl (C=O) groups is 1. The lowest BCUT2D eigenvalue weighted by Gasteiger charge is -2.07. The quantitative estimate of drug-likeness (QED) is 0.770.